The maximum atomic E-state index is 6.35. The molecule has 0 spiro atoms. The third-order valence-electron chi connectivity index (χ3n) is 4.25. The van der Waals surface area contributed by atoms with Gasteiger partial charge >= 0.3 is 0 Å². The second-order valence-corrected chi connectivity index (χ2v) is 6.23. The van der Waals surface area contributed by atoms with E-state index in [1.54, 1.807) is 0 Å². The highest BCUT2D eigenvalue weighted by atomic mass is 35.5. The van der Waals surface area contributed by atoms with Crippen molar-refractivity contribution in [2.75, 3.05) is 32.7 Å². The van der Waals surface area contributed by atoms with E-state index in [0.717, 1.165) is 19.0 Å². The molecule has 1 aliphatic heterocycles. The van der Waals surface area contributed by atoms with Crippen molar-refractivity contribution in [1.29, 1.82) is 0 Å². The second kappa shape index (κ2) is 7.60. The smallest absolute Gasteiger partial charge is 0.0376 e. The Labute approximate surface area is 111 Å². The molecule has 2 atom stereocenters. The second-order valence-electron chi connectivity index (χ2n) is 5.67. The van der Waals surface area contributed by atoms with Gasteiger partial charge in [-0.1, -0.05) is 12.8 Å². The highest BCUT2D eigenvalue weighted by Crippen LogP contribution is 2.27. The number of nitrogens with zero attached hydrogens (tertiary/aromatic N) is 1. The lowest BCUT2D eigenvalue weighted by atomic mass is 9.89. The molecule has 0 aromatic heterocycles. The molecule has 1 heterocycles. The van der Waals surface area contributed by atoms with E-state index < -0.39 is 0 Å². The van der Waals surface area contributed by atoms with Crippen LogP contribution in [-0.4, -0.2) is 43.0 Å². The van der Waals surface area contributed by atoms with Crippen LogP contribution in [0.5, 0.6) is 0 Å². The zero-order valence-electron chi connectivity index (χ0n) is 11.0. The normalized spacial score (nSPS) is 30.9. The number of hydrogen-bond acceptors (Lipinski definition) is 2. The minimum absolute atomic E-state index is 0.426. The number of hydrogen-bond donors (Lipinski definition) is 1. The fourth-order valence-electron chi connectivity index (χ4n) is 3.11. The maximum Gasteiger partial charge on any atom is 0.0376 e. The predicted octanol–water partition coefficient (Wildman–Crippen LogP) is 2.86. The van der Waals surface area contributed by atoms with Crippen LogP contribution in [-0.2, 0) is 0 Å². The monoisotopic (exact) mass is 258 g/mol. The molecular weight excluding hydrogens is 232 g/mol. The summed E-state index contributed by atoms with van der Waals surface area (Å²) in [5.74, 6) is 0.720. The molecule has 2 aliphatic rings. The van der Waals surface area contributed by atoms with Crippen molar-refractivity contribution in [3.05, 3.63) is 0 Å². The molecule has 2 rings (SSSR count). The van der Waals surface area contributed by atoms with Crippen LogP contribution in [0.4, 0.5) is 0 Å². The van der Waals surface area contributed by atoms with Crippen molar-refractivity contribution >= 4 is 11.6 Å². The van der Waals surface area contributed by atoms with Crippen molar-refractivity contribution in [3.8, 4) is 0 Å². The summed E-state index contributed by atoms with van der Waals surface area (Å²) in [6.07, 6.45) is 9.37. The summed E-state index contributed by atoms with van der Waals surface area (Å²) in [7, 11) is 0. The largest absolute Gasteiger partial charge is 0.316 e. The summed E-state index contributed by atoms with van der Waals surface area (Å²) in [5.41, 5.74) is 0. The van der Waals surface area contributed by atoms with Gasteiger partial charge in [0.25, 0.3) is 0 Å². The highest BCUT2D eigenvalue weighted by molar-refractivity contribution is 6.20. The Morgan fingerprint density at radius 3 is 2.59 bits per heavy atom. The molecule has 0 aromatic rings. The number of likely N-dealkylation sites (tertiary alicyclic amines) is 1. The lowest BCUT2D eigenvalue weighted by Gasteiger charge is -2.27. The Balaban J connectivity index is 1.47. The third kappa shape index (κ3) is 4.76. The fourth-order valence-corrected chi connectivity index (χ4v) is 3.48. The topological polar surface area (TPSA) is 15.3 Å². The van der Waals surface area contributed by atoms with Gasteiger partial charge in [0.05, 0.1) is 0 Å². The van der Waals surface area contributed by atoms with E-state index in [9.17, 15) is 0 Å². The van der Waals surface area contributed by atoms with Crippen molar-refractivity contribution in [2.24, 2.45) is 5.92 Å². The van der Waals surface area contributed by atoms with E-state index in [2.05, 4.69) is 10.2 Å². The summed E-state index contributed by atoms with van der Waals surface area (Å²) < 4.78 is 0. The summed E-state index contributed by atoms with van der Waals surface area (Å²) >= 11 is 6.35. The van der Waals surface area contributed by atoms with Crippen LogP contribution in [0, 0.1) is 5.92 Å². The molecular formula is C14H27ClN2. The van der Waals surface area contributed by atoms with Crippen LogP contribution < -0.4 is 5.32 Å². The number of alkyl halides is 1. The molecule has 0 amide bonds. The number of rotatable bonds is 6. The van der Waals surface area contributed by atoms with Gasteiger partial charge in [0.1, 0.15) is 0 Å². The average Bonchev–Trinajstić information content (AvgIpc) is 2.84. The Hall–Kier alpha value is 0.210. The number of halogens is 1. The lowest BCUT2D eigenvalue weighted by molar-refractivity contribution is 0.319. The Bertz CT molecular complexity index is 204. The van der Waals surface area contributed by atoms with Crippen molar-refractivity contribution in [3.63, 3.8) is 0 Å². The summed E-state index contributed by atoms with van der Waals surface area (Å²) in [6, 6.07) is 0. The molecule has 1 aliphatic carbocycles. The van der Waals surface area contributed by atoms with Crippen LogP contribution in [0.25, 0.3) is 0 Å². The SMILES string of the molecule is ClC1CCCCC1CNCCCN1CCCC1. The van der Waals surface area contributed by atoms with Gasteiger partial charge in [-0.25, -0.2) is 0 Å². The summed E-state index contributed by atoms with van der Waals surface area (Å²) in [4.78, 5) is 2.59. The van der Waals surface area contributed by atoms with Gasteiger partial charge in [0.15, 0.2) is 0 Å². The highest BCUT2D eigenvalue weighted by Gasteiger charge is 2.22. The summed E-state index contributed by atoms with van der Waals surface area (Å²) in [5, 5.41) is 4.02. The molecule has 1 saturated carbocycles. The molecule has 17 heavy (non-hydrogen) atoms. The first-order chi connectivity index (χ1) is 8.36. The molecule has 0 aromatic carbocycles. The van der Waals surface area contributed by atoms with Crippen molar-refractivity contribution < 1.29 is 0 Å². The molecule has 1 saturated heterocycles. The van der Waals surface area contributed by atoms with Gasteiger partial charge in [0.2, 0.25) is 0 Å². The van der Waals surface area contributed by atoms with E-state index in [-0.39, 0.29) is 0 Å². The van der Waals surface area contributed by atoms with E-state index >= 15 is 0 Å². The molecule has 2 unspecified atom stereocenters. The molecule has 2 nitrogen and oxygen atoms in total. The summed E-state index contributed by atoms with van der Waals surface area (Å²) in [6.45, 7) is 6.23. The Morgan fingerprint density at radius 2 is 1.82 bits per heavy atom. The van der Waals surface area contributed by atoms with Gasteiger partial charge in [-0.2, -0.15) is 0 Å². The first-order valence-corrected chi connectivity index (χ1v) is 7.87. The maximum absolute atomic E-state index is 6.35. The first-order valence-electron chi connectivity index (χ1n) is 7.43. The van der Waals surface area contributed by atoms with Crippen LogP contribution in [0.3, 0.4) is 0 Å². The standard InChI is InChI=1S/C14H27ClN2/c15-14-7-2-1-6-13(14)12-16-8-5-11-17-9-3-4-10-17/h13-14,16H,1-12H2. The van der Waals surface area contributed by atoms with E-state index in [0.29, 0.717) is 5.38 Å². The van der Waals surface area contributed by atoms with Crippen LogP contribution in [0.15, 0.2) is 0 Å². The zero-order valence-corrected chi connectivity index (χ0v) is 11.7. The van der Waals surface area contributed by atoms with Gasteiger partial charge in [-0.15, -0.1) is 11.6 Å². The van der Waals surface area contributed by atoms with E-state index in [4.69, 9.17) is 11.6 Å². The molecule has 100 valence electrons. The van der Waals surface area contributed by atoms with Gasteiger partial charge in [-0.05, 0) is 70.7 Å². The van der Waals surface area contributed by atoms with E-state index in [1.807, 2.05) is 0 Å². The van der Waals surface area contributed by atoms with Crippen LogP contribution in [0.1, 0.15) is 44.9 Å². The number of nitrogens with one attached hydrogen (secondary N) is 1. The average molecular weight is 259 g/mol. The molecule has 1 N–H and O–H groups in total. The van der Waals surface area contributed by atoms with Gasteiger partial charge in [-0.3, -0.25) is 0 Å². The molecule has 0 radical (unpaired) electrons. The van der Waals surface area contributed by atoms with Gasteiger partial charge in [0, 0.05) is 5.38 Å². The van der Waals surface area contributed by atoms with Crippen molar-refractivity contribution in [2.45, 2.75) is 50.3 Å². The Kier molecular flexibility index (Phi) is 6.10. The molecule has 3 heteroatoms. The minimum Gasteiger partial charge on any atom is -0.316 e. The van der Waals surface area contributed by atoms with Crippen LogP contribution >= 0.6 is 11.6 Å². The third-order valence-corrected chi connectivity index (χ3v) is 4.82. The first kappa shape index (κ1) is 13.6. The van der Waals surface area contributed by atoms with Gasteiger partial charge < -0.3 is 10.2 Å². The Morgan fingerprint density at radius 1 is 1.06 bits per heavy atom. The lowest BCUT2D eigenvalue weighted by Crippen LogP contribution is -2.32. The molecule has 0 bridgehead atoms. The quantitative estimate of drug-likeness (QED) is 0.582. The fraction of sp³-hybridized carbons (Fsp3) is 1.00. The predicted molar refractivity (Wildman–Crippen MR) is 74.8 cm³/mol. The molecule has 2 fully saturated rings. The zero-order chi connectivity index (χ0) is 11.9. The van der Waals surface area contributed by atoms with E-state index in [1.165, 1.54) is 64.6 Å². The minimum atomic E-state index is 0.426. The van der Waals surface area contributed by atoms with Crippen LogP contribution in [0.2, 0.25) is 0 Å². The van der Waals surface area contributed by atoms with Crippen molar-refractivity contribution in [1.82, 2.24) is 10.2 Å².